The van der Waals surface area contributed by atoms with Crippen molar-refractivity contribution in [2.75, 3.05) is 14.2 Å². The summed E-state index contributed by atoms with van der Waals surface area (Å²) in [7, 11) is 2.64. The van der Waals surface area contributed by atoms with E-state index in [4.69, 9.17) is 19.3 Å². The van der Waals surface area contributed by atoms with E-state index in [0.717, 1.165) is 6.92 Å². The molecule has 0 spiro atoms. The average molecular weight is 275 g/mol. The number of carboxylic acid groups (broad SMARTS) is 1. The summed E-state index contributed by atoms with van der Waals surface area (Å²) in [6.45, 7) is 2.14. The van der Waals surface area contributed by atoms with Crippen LogP contribution in [0.4, 0.5) is 4.39 Å². The lowest BCUT2D eigenvalue weighted by molar-refractivity contribution is -0.155. The highest BCUT2D eigenvalue weighted by Crippen LogP contribution is 2.33. The fraction of sp³-hybridized carbons (Fsp3) is 0.600. The monoisotopic (exact) mass is 275 g/mol. The SMILES string of the molecule is COc1nnnc(OC(C)C(C)(F)C(=O)O)c1OC. The summed E-state index contributed by atoms with van der Waals surface area (Å²) >= 11 is 0. The molecule has 8 nitrogen and oxygen atoms in total. The first-order valence-corrected chi connectivity index (χ1v) is 5.24. The van der Waals surface area contributed by atoms with E-state index in [9.17, 15) is 9.18 Å². The van der Waals surface area contributed by atoms with Crippen LogP contribution in [-0.4, -0.2) is 52.5 Å². The predicted octanol–water partition coefficient (Wildman–Crippen LogP) is 0.469. The molecule has 0 bridgehead atoms. The number of aromatic nitrogens is 3. The van der Waals surface area contributed by atoms with E-state index in [1.165, 1.54) is 21.1 Å². The van der Waals surface area contributed by atoms with Crippen LogP contribution in [0.25, 0.3) is 0 Å². The maximum absolute atomic E-state index is 13.8. The minimum atomic E-state index is -2.59. The number of carboxylic acids is 1. The molecular formula is C10H14FN3O5. The van der Waals surface area contributed by atoms with Gasteiger partial charge in [-0.1, -0.05) is 10.2 Å². The molecule has 1 heterocycles. The van der Waals surface area contributed by atoms with Crippen molar-refractivity contribution in [2.24, 2.45) is 0 Å². The summed E-state index contributed by atoms with van der Waals surface area (Å²) in [5.41, 5.74) is -2.59. The molecular weight excluding hydrogens is 261 g/mol. The molecule has 0 aromatic carbocycles. The third kappa shape index (κ3) is 2.98. The van der Waals surface area contributed by atoms with Gasteiger partial charge in [-0.15, -0.1) is 0 Å². The molecule has 0 aliphatic heterocycles. The maximum atomic E-state index is 13.8. The van der Waals surface area contributed by atoms with Gasteiger partial charge in [-0.05, 0) is 19.1 Å². The maximum Gasteiger partial charge on any atom is 0.345 e. The fourth-order valence-electron chi connectivity index (χ4n) is 1.12. The highest BCUT2D eigenvalue weighted by Gasteiger charge is 2.42. The Bertz CT molecular complexity index is 468. The van der Waals surface area contributed by atoms with Crippen LogP contribution in [0.1, 0.15) is 13.8 Å². The number of methoxy groups -OCH3 is 2. The zero-order valence-corrected chi connectivity index (χ0v) is 10.9. The molecule has 2 atom stereocenters. The molecule has 1 aromatic rings. The molecule has 0 saturated heterocycles. The Kier molecular flexibility index (Phi) is 4.41. The highest BCUT2D eigenvalue weighted by atomic mass is 19.1. The minimum absolute atomic E-state index is 0.00409. The second kappa shape index (κ2) is 5.63. The quantitative estimate of drug-likeness (QED) is 0.799. The number of rotatable bonds is 6. The smallest absolute Gasteiger partial charge is 0.345 e. The van der Waals surface area contributed by atoms with Crippen LogP contribution < -0.4 is 14.2 Å². The number of halogens is 1. The van der Waals surface area contributed by atoms with Gasteiger partial charge in [0, 0.05) is 0 Å². The molecule has 19 heavy (non-hydrogen) atoms. The molecule has 0 saturated carbocycles. The first-order chi connectivity index (χ1) is 8.84. The van der Waals surface area contributed by atoms with Crippen LogP contribution in [0.2, 0.25) is 0 Å². The van der Waals surface area contributed by atoms with Gasteiger partial charge in [0.2, 0.25) is 11.4 Å². The number of aliphatic carboxylic acids is 1. The first-order valence-electron chi connectivity index (χ1n) is 5.24. The summed E-state index contributed by atoms with van der Waals surface area (Å²) in [4.78, 5) is 10.8. The molecule has 0 aliphatic carbocycles. The Hall–Kier alpha value is -2.19. The Morgan fingerprint density at radius 2 is 1.89 bits per heavy atom. The lowest BCUT2D eigenvalue weighted by atomic mass is 10.0. The molecule has 0 fully saturated rings. The summed E-state index contributed by atoms with van der Waals surface area (Å²) in [5, 5.41) is 19.2. The number of hydrogen-bond donors (Lipinski definition) is 1. The van der Waals surface area contributed by atoms with Crippen LogP contribution in [0, 0.1) is 0 Å². The number of carbonyl (C=O) groups is 1. The topological polar surface area (TPSA) is 104 Å². The van der Waals surface area contributed by atoms with Gasteiger partial charge in [-0.2, -0.15) is 0 Å². The summed E-state index contributed by atoms with van der Waals surface area (Å²) in [6.07, 6.45) is -1.32. The third-order valence-corrected chi connectivity index (χ3v) is 2.53. The number of hydrogen-bond acceptors (Lipinski definition) is 7. The first kappa shape index (κ1) is 14.9. The lowest BCUT2D eigenvalue weighted by Crippen LogP contribution is -2.44. The van der Waals surface area contributed by atoms with E-state index in [-0.39, 0.29) is 17.5 Å². The molecule has 1 rings (SSSR count). The molecule has 0 radical (unpaired) electrons. The van der Waals surface area contributed by atoms with E-state index in [2.05, 4.69) is 15.4 Å². The Balaban J connectivity index is 3.03. The van der Waals surface area contributed by atoms with Crippen molar-refractivity contribution in [2.45, 2.75) is 25.6 Å². The summed E-state index contributed by atoms with van der Waals surface area (Å²) in [5.74, 6) is -1.85. The van der Waals surface area contributed by atoms with Crippen molar-refractivity contribution in [3.8, 4) is 17.5 Å². The van der Waals surface area contributed by atoms with E-state index in [1.807, 2.05) is 0 Å². The zero-order chi connectivity index (χ0) is 14.6. The fourth-order valence-corrected chi connectivity index (χ4v) is 1.12. The van der Waals surface area contributed by atoms with Gasteiger partial charge in [-0.25, -0.2) is 9.18 Å². The van der Waals surface area contributed by atoms with Gasteiger partial charge in [0.1, 0.15) is 6.10 Å². The van der Waals surface area contributed by atoms with Crippen molar-refractivity contribution >= 4 is 5.97 Å². The predicted molar refractivity (Wildman–Crippen MR) is 60.2 cm³/mol. The van der Waals surface area contributed by atoms with Crippen molar-refractivity contribution in [3.05, 3.63) is 0 Å². The number of ether oxygens (including phenoxy) is 3. The number of nitrogens with zero attached hydrogens (tertiary/aromatic N) is 3. The highest BCUT2D eigenvalue weighted by molar-refractivity contribution is 5.77. The van der Waals surface area contributed by atoms with E-state index in [0.29, 0.717) is 0 Å². The minimum Gasteiger partial charge on any atom is -0.487 e. The molecule has 2 unspecified atom stereocenters. The van der Waals surface area contributed by atoms with Gasteiger partial charge in [0.05, 0.1) is 14.2 Å². The summed E-state index contributed by atoms with van der Waals surface area (Å²) in [6, 6.07) is 0. The second-order valence-electron chi connectivity index (χ2n) is 3.78. The van der Waals surface area contributed by atoms with E-state index >= 15 is 0 Å². The van der Waals surface area contributed by atoms with Gasteiger partial charge >= 0.3 is 5.97 Å². The molecule has 1 aromatic heterocycles. The Morgan fingerprint density at radius 1 is 1.32 bits per heavy atom. The normalized spacial score (nSPS) is 15.2. The Morgan fingerprint density at radius 3 is 2.37 bits per heavy atom. The van der Waals surface area contributed by atoms with E-state index in [1.54, 1.807) is 0 Å². The van der Waals surface area contributed by atoms with Crippen molar-refractivity contribution in [1.29, 1.82) is 0 Å². The van der Waals surface area contributed by atoms with Crippen molar-refractivity contribution in [1.82, 2.24) is 15.4 Å². The standard InChI is InChI=1S/C10H14FN3O5/c1-5(10(2,11)9(15)16)19-8-6(17-3)7(18-4)12-14-13-8/h5H,1-4H3,(H,15,16). The van der Waals surface area contributed by atoms with Crippen LogP contribution >= 0.6 is 0 Å². The Labute approximate surface area is 108 Å². The van der Waals surface area contributed by atoms with Crippen LogP contribution in [-0.2, 0) is 4.79 Å². The second-order valence-corrected chi connectivity index (χ2v) is 3.78. The van der Waals surface area contributed by atoms with Gasteiger partial charge in [0.25, 0.3) is 11.8 Å². The third-order valence-electron chi connectivity index (χ3n) is 2.53. The van der Waals surface area contributed by atoms with Gasteiger partial charge < -0.3 is 19.3 Å². The van der Waals surface area contributed by atoms with Crippen LogP contribution in [0.3, 0.4) is 0 Å². The molecule has 9 heteroatoms. The lowest BCUT2D eigenvalue weighted by Gasteiger charge is -2.23. The van der Waals surface area contributed by atoms with Crippen molar-refractivity contribution < 1.29 is 28.5 Å². The van der Waals surface area contributed by atoms with Crippen molar-refractivity contribution in [3.63, 3.8) is 0 Å². The summed E-state index contributed by atoms with van der Waals surface area (Å²) < 4.78 is 28.8. The zero-order valence-electron chi connectivity index (χ0n) is 10.9. The average Bonchev–Trinajstić information content (AvgIpc) is 2.37. The van der Waals surface area contributed by atoms with Gasteiger partial charge in [-0.3, -0.25) is 0 Å². The molecule has 0 amide bonds. The van der Waals surface area contributed by atoms with Gasteiger partial charge in [0.15, 0.2) is 0 Å². The van der Waals surface area contributed by atoms with E-state index < -0.39 is 17.7 Å². The number of alkyl halides is 1. The molecule has 106 valence electrons. The van der Waals surface area contributed by atoms with Crippen LogP contribution in [0.15, 0.2) is 0 Å². The molecule has 0 aliphatic rings. The largest absolute Gasteiger partial charge is 0.487 e. The van der Waals surface area contributed by atoms with Crippen LogP contribution in [0.5, 0.6) is 17.5 Å². The molecule has 1 N–H and O–H groups in total.